The number of aromatic nitrogens is 3. The van der Waals surface area contributed by atoms with E-state index < -0.39 is 0 Å². The van der Waals surface area contributed by atoms with Crippen LogP contribution in [0.4, 0.5) is 5.82 Å². The van der Waals surface area contributed by atoms with E-state index in [1.807, 2.05) is 6.92 Å². The molecular formula is C10H11ClN4S. The Morgan fingerprint density at radius 2 is 2.31 bits per heavy atom. The minimum atomic E-state index is 0.259. The maximum absolute atomic E-state index is 5.67. The number of nitrogens with zero attached hydrogens (tertiary/aromatic N) is 3. The van der Waals surface area contributed by atoms with Crippen LogP contribution in [0.2, 0.25) is 5.28 Å². The molecule has 0 amide bonds. The van der Waals surface area contributed by atoms with E-state index in [2.05, 4.69) is 25.6 Å². The van der Waals surface area contributed by atoms with Crippen LogP contribution in [-0.4, -0.2) is 21.5 Å². The molecule has 16 heavy (non-hydrogen) atoms. The van der Waals surface area contributed by atoms with Crippen LogP contribution in [0.5, 0.6) is 0 Å². The van der Waals surface area contributed by atoms with Crippen molar-refractivity contribution < 1.29 is 0 Å². The van der Waals surface area contributed by atoms with Gasteiger partial charge in [0.15, 0.2) is 0 Å². The minimum Gasteiger partial charge on any atom is -0.370 e. The molecule has 84 valence electrons. The number of nitrogens with one attached hydrogen (secondary N) is 1. The average molecular weight is 255 g/mol. The van der Waals surface area contributed by atoms with E-state index in [0.29, 0.717) is 0 Å². The first-order valence-corrected chi connectivity index (χ1v) is 6.13. The topological polar surface area (TPSA) is 50.7 Å². The molecule has 2 aromatic heterocycles. The van der Waals surface area contributed by atoms with Crippen molar-refractivity contribution in [3.63, 3.8) is 0 Å². The predicted molar refractivity (Wildman–Crippen MR) is 66.1 cm³/mol. The van der Waals surface area contributed by atoms with Crippen molar-refractivity contribution in [2.45, 2.75) is 13.3 Å². The Hall–Kier alpha value is -1.20. The molecule has 0 aliphatic rings. The van der Waals surface area contributed by atoms with Crippen LogP contribution in [0, 0.1) is 6.92 Å². The van der Waals surface area contributed by atoms with Gasteiger partial charge in [-0.15, -0.1) is 11.3 Å². The lowest BCUT2D eigenvalue weighted by molar-refractivity contribution is 0.957. The zero-order valence-electron chi connectivity index (χ0n) is 8.77. The average Bonchev–Trinajstić information content (AvgIpc) is 2.64. The number of anilines is 1. The third-order valence-corrected chi connectivity index (χ3v) is 2.98. The number of thiazole rings is 1. The smallest absolute Gasteiger partial charge is 0.224 e. The van der Waals surface area contributed by atoms with Gasteiger partial charge in [-0.1, -0.05) is 0 Å². The van der Waals surface area contributed by atoms with E-state index in [4.69, 9.17) is 11.6 Å². The van der Waals surface area contributed by atoms with Gasteiger partial charge >= 0.3 is 0 Å². The Morgan fingerprint density at radius 3 is 3.00 bits per heavy atom. The van der Waals surface area contributed by atoms with Gasteiger partial charge < -0.3 is 5.32 Å². The molecule has 6 heteroatoms. The largest absolute Gasteiger partial charge is 0.370 e. The second kappa shape index (κ2) is 5.23. The summed E-state index contributed by atoms with van der Waals surface area (Å²) in [4.78, 5) is 12.2. The summed E-state index contributed by atoms with van der Waals surface area (Å²) in [6, 6.07) is 1.79. The SMILES string of the molecule is Cc1nc(CCNc2ccnc(Cl)n2)cs1. The maximum Gasteiger partial charge on any atom is 0.224 e. The lowest BCUT2D eigenvalue weighted by Crippen LogP contribution is -2.06. The molecule has 4 nitrogen and oxygen atoms in total. The van der Waals surface area contributed by atoms with Gasteiger partial charge in [-0.05, 0) is 24.6 Å². The third kappa shape index (κ3) is 3.15. The quantitative estimate of drug-likeness (QED) is 0.852. The monoisotopic (exact) mass is 254 g/mol. The van der Waals surface area contributed by atoms with Crippen LogP contribution in [0.1, 0.15) is 10.7 Å². The normalized spacial score (nSPS) is 10.4. The first-order chi connectivity index (χ1) is 7.74. The van der Waals surface area contributed by atoms with Gasteiger partial charge in [-0.2, -0.15) is 0 Å². The minimum absolute atomic E-state index is 0.259. The van der Waals surface area contributed by atoms with Crippen LogP contribution in [0.25, 0.3) is 0 Å². The lowest BCUT2D eigenvalue weighted by Gasteiger charge is -2.03. The van der Waals surface area contributed by atoms with Crippen molar-refractivity contribution in [3.8, 4) is 0 Å². The van der Waals surface area contributed by atoms with Crippen molar-refractivity contribution in [3.05, 3.63) is 33.6 Å². The second-order valence-corrected chi connectivity index (χ2v) is 4.65. The molecule has 2 aromatic rings. The van der Waals surface area contributed by atoms with Crippen LogP contribution in [-0.2, 0) is 6.42 Å². The van der Waals surface area contributed by atoms with E-state index in [1.54, 1.807) is 23.6 Å². The lowest BCUT2D eigenvalue weighted by atomic mass is 10.3. The molecule has 2 heterocycles. The highest BCUT2D eigenvalue weighted by Crippen LogP contribution is 2.09. The summed E-state index contributed by atoms with van der Waals surface area (Å²) in [6.45, 7) is 2.79. The maximum atomic E-state index is 5.67. The van der Waals surface area contributed by atoms with Gasteiger partial charge in [0.2, 0.25) is 5.28 Å². The van der Waals surface area contributed by atoms with Crippen LogP contribution >= 0.6 is 22.9 Å². The fraction of sp³-hybridized carbons (Fsp3) is 0.300. The van der Waals surface area contributed by atoms with E-state index in [1.165, 1.54) is 0 Å². The van der Waals surface area contributed by atoms with Crippen molar-refractivity contribution in [2.75, 3.05) is 11.9 Å². The van der Waals surface area contributed by atoms with Gasteiger partial charge in [0.05, 0.1) is 10.7 Å². The van der Waals surface area contributed by atoms with Crippen molar-refractivity contribution >= 4 is 28.8 Å². The summed E-state index contributed by atoms with van der Waals surface area (Å²) in [5.74, 6) is 0.743. The second-order valence-electron chi connectivity index (χ2n) is 3.25. The molecule has 0 saturated carbocycles. The Labute approximate surface area is 103 Å². The highest BCUT2D eigenvalue weighted by molar-refractivity contribution is 7.09. The van der Waals surface area contributed by atoms with Crippen LogP contribution in [0.3, 0.4) is 0 Å². The summed E-state index contributed by atoms with van der Waals surface area (Å²) in [5, 5.41) is 6.60. The standard InChI is InChI=1S/C10H11ClN4S/c1-7-14-8(6-16-7)2-4-12-9-3-5-13-10(11)15-9/h3,5-6H,2,4H2,1H3,(H,12,13,15). The first-order valence-electron chi connectivity index (χ1n) is 4.87. The van der Waals surface area contributed by atoms with Crippen LogP contribution < -0.4 is 5.32 Å². The predicted octanol–water partition coefficient (Wildman–Crippen LogP) is 2.55. The number of aryl methyl sites for hydroxylation is 1. The van der Waals surface area contributed by atoms with E-state index >= 15 is 0 Å². The molecule has 2 rings (SSSR count). The highest BCUT2D eigenvalue weighted by Gasteiger charge is 1.99. The molecule has 0 aliphatic carbocycles. The first kappa shape index (κ1) is 11.3. The van der Waals surface area contributed by atoms with Crippen molar-refractivity contribution in [1.29, 1.82) is 0 Å². The van der Waals surface area contributed by atoms with E-state index in [0.717, 1.165) is 29.5 Å². The van der Waals surface area contributed by atoms with Gasteiger partial charge in [-0.25, -0.2) is 15.0 Å². The Kier molecular flexibility index (Phi) is 3.69. The highest BCUT2D eigenvalue weighted by atomic mass is 35.5. The number of hydrogen-bond donors (Lipinski definition) is 1. The van der Waals surface area contributed by atoms with Crippen molar-refractivity contribution in [1.82, 2.24) is 15.0 Å². The number of hydrogen-bond acceptors (Lipinski definition) is 5. The molecule has 0 atom stereocenters. The third-order valence-electron chi connectivity index (χ3n) is 1.98. The fourth-order valence-corrected chi connectivity index (χ4v) is 2.07. The summed E-state index contributed by atoms with van der Waals surface area (Å²) < 4.78 is 0. The van der Waals surface area contributed by atoms with E-state index in [-0.39, 0.29) is 5.28 Å². The van der Waals surface area contributed by atoms with E-state index in [9.17, 15) is 0 Å². The Balaban J connectivity index is 1.84. The summed E-state index contributed by atoms with van der Waals surface area (Å²) in [5.41, 5.74) is 1.11. The zero-order chi connectivity index (χ0) is 11.4. The fourth-order valence-electron chi connectivity index (χ4n) is 1.28. The molecule has 1 N–H and O–H groups in total. The van der Waals surface area contributed by atoms with Gasteiger partial charge in [0.1, 0.15) is 5.82 Å². The van der Waals surface area contributed by atoms with Crippen LogP contribution in [0.15, 0.2) is 17.6 Å². The summed E-state index contributed by atoms with van der Waals surface area (Å²) in [6.07, 6.45) is 2.51. The molecule has 0 unspecified atom stereocenters. The molecular weight excluding hydrogens is 244 g/mol. The molecule has 0 bridgehead atoms. The van der Waals surface area contributed by atoms with Gasteiger partial charge in [0, 0.05) is 24.5 Å². The summed E-state index contributed by atoms with van der Waals surface area (Å²) >= 11 is 7.34. The Morgan fingerprint density at radius 1 is 1.44 bits per heavy atom. The molecule has 0 aliphatic heterocycles. The molecule has 0 spiro atoms. The number of rotatable bonds is 4. The summed E-state index contributed by atoms with van der Waals surface area (Å²) in [7, 11) is 0. The number of halogens is 1. The molecule has 0 aromatic carbocycles. The molecule has 0 saturated heterocycles. The van der Waals surface area contributed by atoms with Gasteiger partial charge in [0.25, 0.3) is 0 Å². The Bertz CT molecular complexity index is 471. The molecule has 0 fully saturated rings. The van der Waals surface area contributed by atoms with Crippen molar-refractivity contribution in [2.24, 2.45) is 0 Å². The zero-order valence-corrected chi connectivity index (χ0v) is 10.3. The van der Waals surface area contributed by atoms with Gasteiger partial charge in [-0.3, -0.25) is 0 Å². The molecule has 0 radical (unpaired) electrons.